The van der Waals surface area contributed by atoms with Crippen LogP contribution in [-0.4, -0.2) is 21.0 Å². The molecule has 0 amide bonds. The van der Waals surface area contributed by atoms with Gasteiger partial charge in [-0.2, -0.15) is 0 Å². The summed E-state index contributed by atoms with van der Waals surface area (Å²) in [7, 11) is 0. The lowest BCUT2D eigenvalue weighted by Gasteiger charge is -2.24. The van der Waals surface area contributed by atoms with Gasteiger partial charge in [0, 0.05) is 10.9 Å². The van der Waals surface area contributed by atoms with E-state index >= 15 is 0 Å². The van der Waals surface area contributed by atoms with E-state index in [0.29, 0.717) is 27.8 Å². The fourth-order valence-electron chi connectivity index (χ4n) is 2.60. The van der Waals surface area contributed by atoms with Crippen molar-refractivity contribution < 1.29 is 9.60 Å². The van der Waals surface area contributed by atoms with Gasteiger partial charge < -0.3 is 5.73 Å². The molecule has 2 aromatic rings. The summed E-state index contributed by atoms with van der Waals surface area (Å²) < 4.78 is 13.9. The fraction of sp³-hybridized carbons (Fsp3) is 0.214. The maximum Gasteiger partial charge on any atom is 0.220 e. The van der Waals surface area contributed by atoms with E-state index in [2.05, 4.69) is 36.4 Å². The van der Waals surface area contributed by atoms with Crippen molar-refractivity contribution in [3.8, 4) is 0 Å². The molecule has 4 N–H and O–H groups in total. The van der Waals surface area contributed by atoms with E-state index in [4.69, 9.17) is 5.73 Å². The largest absolute Gasteiger partial charge is 0.368 e. The van der Waals surface area contributed by atoms with Gasteiger partial charge >= 0.3 is 0 Å². The van der Waals surface area contributed by atoms with Gasteiger partial charge in [0.25, 0.3) is 0 Å². The highest BCUT2D eigenvalue weighted by molar-refractivity contribution is 9.10. The highest BCUT2D eigenvalue weighted by atomic mass is 79.9. The number of rotatable bonds is 1. The van der Waals surface area contributed by atoms with Gasteiger partial charge in [0.2, 0.25) is 5.95 Å². The number of nitrogens with zero attached hydrogens (tertiary/aromatic N) is 3. The van der Waals surface area contributed by atoms with Crippen molar-refractivity contribution in [1.82, 2.24) is 15.4 Å². The fourth-order valence-corrected chi connectivity index (χ4v) is 3.21. The second kappa shape index (κ2) is 5.62. The van der Waals surface area contributed by atoms with Gasteiger partial charge in [-0.15, -0.1) is 0 Å². The Hall–Kier alpha value is -2.06. The Labute approximate surface area is 134 Å². The topological polar surface area (TPSA) is 96.4 Å². The van der Waals surface area contributed by atoms with E-state index in [-0.39, 0.29) is 23.6 Å². The number of aromatic nitrogens is 2. The minimum Gasteiger partial charge on any atom is -0.368 e. The number of nitrogens with one attached hydrogen (secondary N) is 1. The van der Waals surface area contributed by atoms with Crippen molar-refractivity contribution in [3.05, 3.63) is 51.0 Å². The molecule has 1 aromatic carbocycles. The summed E-state index contributed by atoms with van der Waals surface area (Å²) in [5.41, 5.74) is 10.6. The number of nitrogens with two attached hydrogens (primary N) is 1. The van der Waals surface area contributed by atoms with Crippen LogP contribution in [0.4, 0.5) is 10.3 Å². The number of benzene rings is 1. The van der Waals surface area contributed by atoms with Crippen LogP contribution in [-0.2, 0) is 6.42 Å². The molecule has 0 radical (unpaired) electrons. The maximum atomic E-state index is 13.2. The van der Waals surface area contributed by atoms with Gasteiger partial charge in [0.15, 0.2) is 5.84 Å². The molecule has 3 rings (SSSR count). The molecule has 6 nitrogen and oxygen atoms in total. The first-order chi connectivity index (χ1) is 10.5. The third kappa shape index (κ3) is 2.55. The van der Waals surface area contributed by atoms with Gasteiger partial charge in [-0.25, -0.2) is 14.4 Å². The number of hydrogen-bond acceptors (Lipinski definition) is 6. The Morgan fingerprint density at radius 2 is 2.18 bits per heavy atom. The van der Waals surface area contributed by atoms with Crippen molar-refractivity contribution in [2.75, 3.05) is 5.73 Å². The molecule has 0 fully saturated rings. The maximum absolute atomic E-state index is 13.2. The van der Waals surface area contributed by atoms with E-state index in [1.165, 1.54) is 12.1 Å². The molecule has 8 heteroatoms. The number of hydrogen-bond donors (Lipinski definition) is 3. The van der Waals surface area contributed by atoms with Crippen molar-refractivity contribution >= 4 is 27.7 Å². The monoisotopic (exact) mass is 365 g/mol. The SMILES string of the molecule is Cc1nc(N)nc2c1C(NO)=N[C@@H](c1ccc(F)cc1Br)C2. The number of nitrogen functional groups attached to an aromatic ring is 1. The summed E-state index contributed by atoms with van der Waals surface area (Å²) in [6.45, 7) is 1.78. The number of hydroxylamine groups is 1. The lowest BCUT2D eigenvalue weighted by atomic mass is 9.95. The zero-order valence-corrected chi connectivity index (χ0v) is 13.2. The van der Waals surface area contributed by atoms with Crippen LogP contribution >= 0.6 is 15.9 Å². The Morgan fingerprint density at radius 3 is 2.86 bits per heavy atom. The molecule has 1 aliphatic rings. The zero-order valence-electron chi connectivity index (χ0n) is 11.6. The summed E-state index contributed by atoms with van der Waals surface area (Å²) in [6.07, 6.45) is 0.484. The Kier molecular flexibility index (Phi) is 3.79. The van der Waals surface area contributed by atoms with Crippen LogP contribution in [0.15, 0.2) is 27.7 Å². The lowest BCUT2D eigenvalue weighted by molar-refractivity contribution is 0.233. The van der Waals surface area contributed by atoms with Crippen molar-refractivity contribution in [1.29, 1.82) is 0 Å². The molecule has 0 saturated heterocycles. The molecule has 0 saturated carbocycles. The van der Waals surface area contributed by atoms with E-state index in [0.717, 1.165) is 5.56 Å². The molecule has 0 spiro atoms. The van der Waals surface area contributed by atoms with Gasteiger partial charge in [0.1, 0.15) is 5.82 Å². The molecule has 2 heterocycles. The highest BCUT2D eigenvalue weighted by Crippen LogP contribution is 2.33. The van der Waals surface area contributed by atoms with E-state index in [9.17, 15) is 9.60 Å². The van der Waals surface area contributed by atoms with Gasteiger partial charge in [-0.3, -0.25) is 15.7 Å². The molecule has 0 aliphatic carbocycles. The Morgan fingerprint density at radius 1 is 1.41 bits per heavy atom. The van der Waals surface area contributed by atoms with E-state index in [1.807, 2.05) is 0 Å². The average Bonchev–Trinajstić information content (AvgIpc) is 2.45. The number of aliphatic imine (C=N–C) groups is 1. The number of aryl methyl sites for hydroxylation is 1. The smallest absolute Gasteiger partial charge is 0.220 e. The Bertz CT molecular complexity index is 780. The van der Waals surface area contributed by atoms with Crippen LogP contribution in [0, 0.1) is 12.7 Å². The van der Waals surface area contributed by atoms with Crippen LogP contribution in [0.5, 0.6) is 0 Å². The second-order valence-corrected chi connectivity index (χ2v) is 5.82. The van der Waals surface area contributed by atoms with Gasteiger partial charge in [-0.05, 0) is 24.6 Å². The minimum absolute atomic E-state index is 0.173. The van der Waals surface area contributed by atoms with Gasteiger partial charge in [0.05, 0.1) is 23.0 Å². The standard InChI is InChI=1S/C14H13BrFN5O/c1-6-12-11(20-14(17)18-6)5-10(19-13(12)21-22)8-3-2-7(16)4-9(8)15/h2-4,10,22H,5H2,1H3,(H,19,21)(H2,17,18,20)/t10-/m1/s1. The van der Waals surface area contributed by atoms with Crippen molar-refractivity contribution in [2.24, 2.45) is 4.99 Å². The molecule has 0 bridgehead atoms. The molecule has 114 valence electrons. The minimum atomic E-state index is -0.335. The quantitative estimate of drug-likeness (QED) is 0.673. The molecule has 1 aliphatic heterocycles. The molecule has 1 aromatic heterocycles. The third-order valence-electron chi connectivity index (χ3n) is 3.52. The molecule has 0 unspecified atom stereocenters. The predicted molar refractivity (Wildman–Crippen MR) is 83.2 cm³/mol. The van der Waals surface area contributed by atoms with Crippen LogP contribution in [0.1, 0.15) is 28.6 Å². The highest BCUT2D eigenvalue weighted by Gasteiger charge is 2.27. The summed E-state index contributed by atoms with van der Waals surface area (Å²) >= 11 is 3.34. The number of amidine groups is 1. The first kappa shape index (κ1) is 14.9. The zero-order chi connectivity index (χ0) is 15.9. The van der Waals surface area contributed by atoms with Crippen LogP contribution in [0.2, 0.25) is 0 Å². The third-order valence-corrected chi connectivity index (χ3v) is 4.20. The van der Waals surface area contributed by atoms with Crippen molar-refractivity contribution in [3.63, 3.8) is 0 Å². The molecule has 1 atom stereocenters. The molecular weight excluding hydrogens is 353 g/mol. The number of anilines is 1. The average molecular weight is 366 g/mol. The molecular formula is C14H13BrFN5O. The van der Waals surface area contributed by atoms with E-state index < -0.39 is 0 Å². The lowest BCUT2D eigenvalue weighted by Crippen LogP contribution is -2.29. The first-order valence-corrected chi connectivity index (χ1v) is 7.35. The number of halogens is 2. The van der Waals surface area contributed by atoms with Crippen molar-refractivity contribution in [2.45, 2.75) is 19.4 Å². The predicted octanol–water partition coefficient (Wildman–Crippen LogP) is 2.29. The summed E-state index contributed by atoms with van der Waals surface area (Å²) in [4.78, 5) is 12.8. The van der Waals surface area contributed by atoms with Gasteiger partial charge in [-0.1, -0.05) is 22.0 Å². The normalized spacial score (nSPS) is 16.9. The van der Waals surface area contributed by atoms with E-state index in [1.54, 1.807) is 13.0 Å². The van der Waals surface area contributed by atoms with Crippen LogP contribution in [0.3, 0.4) is 0 Å². The van der Waals surface area contributed by atoms with Crippen LogP contribution in [0.25, 0.3) is 0 Å². The Balaban J connectivity index is 2.11. The summed E-state index contributed by atoms with van der Waals surface area (Å²) in [6, 6.07) is 4.10. The second-order valence-electron chi connectivity index (χ2n) is 4.96. The first-order valence-electron chi connectivity index (χ1n) is 6.55. The van der Waals surface area contributed by atoms with Crippen LogP contribution < -0.4 is 11.2 Å². The number of fused-ring (bicyclic) bond motifs is 1. The molecule has 22 heavy (non-hydrogen) atoms. The summed E-state index contributed by atoms with van der Waals surface area (Å²) in [5, 5.41) is 9.37. The summed E-state index contributed by atoms with van der Waals surface area (Å²) in [5.74, 6) is 0.117.